The van der Waals surface area contributed by atoms with Gasteiger partial charge in [-0.3, -0.25) is 14.7 Å². The van der Waals surface area contributed by atoms with E-state index >= 15 is 0 Å². The third-order valence-electron chi connectivity index (χ3n) is 3.71. The highest BCUT2D eigenvalue weighted by Crippen LogP contribution is 2.15. The second-order valence-corrected chi connectivity index (χ2v) is 6.88. The summed E-state index contributed by atoms with van der Waals surface area (Å²) in [5, 5.41) is 0. The van der Waals surface area contributed by atoms with E-state index in [-0.39, 0.29) is 17.9 Å². The first-order valence-electron chi connectivity index (χ1n) is 7.92. The molecule has 0 bridgehead atoms. The fourth-order valence-corrected chi connectivity index (χ4v) is 2.52. The number of aromatic nitrogens is 1. The first kappa shape index (κ1) is 17.4. The molecule has 1 aromatic rings. The fourth-order valence-electron chi connectivity index (χ4n) is 2.52. The molecule has 0 aliphatic carbocycles. The van der Waals surface area contributed by atoms with Crippen molar-refractivity contribution in [2.24, 2.45) is 0 Å². The van der Waals surface area contributed by atoms with E-state index in [4.69, 9.17) is 4.74 Å². The van der Waals surface area contributed by atoms with Crippen molar-refractivity contribution in [3.63, 3.8) is 0 Å². The van der Waals surface area contributed by atoms with Gasteiger partial charge in [0.2, 0.25) is 0 Å². The van der Waals surface area contributed by atoms with Gasteiger partial charge in [-0.1, -0.05) is 6.07 Å². The van der Waals surface area contributed by atoms with Gasteiger partial charge in [-0.15, -0.1) is 0 Å². The van der Waals surface area contributed by atoms with E-state index in [2.05, 4.69) is 9.88 Å². The SMILES string of the molecule is CC1CN(C(=O)OC(C)(C)C)CCN1CC(=O)c1ccccn1. The van der Waals surface area contributed by atoms with Gasteiger partial charge < -0.3 is 9.64 Å². The zero-order chi connectivity index (χ0) is 17.0. The number of hydrogen-bond donors (Lipinski definition) is 0. The minimum absolute atomic E-state index is 0.00293. The van der Waals surface area contributed by atoms with Gasteiger partial charge in [0.25, 0.3) is 0 Å². The predicted octanol–water partition coefficient (Wildman–Crippen LogP) is 2.21. The summed E-state index contributed by atoms with van der Waals surface area (Å²) in [5.74, 6) is 0.00293. The van der Waals surface area contributed by atoms with E-state index in [0.29, 0.717) is 31.9 Å². The number of Topliss-reactive ketones (excluding diaryl/α,β-unsaturated/α-hetero) is 1. The second-order valence-electron chi connectivity index (χ2n) is 6.88. The van der Waals surface area contributed by atoms with Gasteiger partial charge in [-0.25, -0.2) is 4.79 Å². The van der Waals surface area contributed by atoms with Crippen LogP contribution in [0.2, 0.25) is 0 Å². The zero-order valence-corrected chi connectivity index (χ0v) is 14.3. The van der Waals surface area contributed by atoms with Crippen molar-refractivity contribution >= 4 is 11.9 Å². The highest BCUT2D eigenvalue weighted by Gasteiger charge is 2.30. The second kappa shape index (κ2) is 7.08. The lowest BCUT2D eigenvalue weighted by Crippen LogP contribution is -2.55. The molecule has 6 nitrogen and oxygen atoms in total. The van der Waals surface area contributed by atoms with E-state index in [0.717, 1.165) is 0 Å². The maximum absolute atomic E-state index is 12.3. The van der Waals surface area contributed by atoms with Crippen molar-refractivity contribution in [1.29, 1.82) is 0 Å². The Morgan fingerprint density at radius 3 is 2.61 bits per heavy atom. The molecule has 0 saturated carbocycles. The Labute approximate surface area is 137 Å². The normalized spacial score (nSPS) is 19.5. The molecule has 1 aromatic heterocycles. The minimum atomic E-state index is -0.494. The van der Waals surface area contributed by atoms with Crippen LogP contribution in [0.5, 0.6) is 0 Å². The molecule has 0 aromatic carbocycles. The van der Waals surface area contributed by atoms with Crippen LogP contribution in [0.15, 0.2) is 24.4 Å². The Morgan fingerprint density at radius 1 is 1.30 bits per heavy atom. The Hall–Kier alpha value is -1.95. The minimum Gasteiger partial charge on any atom is -0.444 e. The summed E-state index contributed by atoms with van der Waals surface area (Å²) in [6, 6.07) is 5.43. The topological polar surface area (TPSA) is 62.7 Å². The maximum Gasteiger partial charge on any atom is 0.410 e. The predicted molar refractivity (Wildman–Crippen MR) is 87.4 cm³/mol. The highest BCUT2D eigenvalue weighted by molar-refractivity contribution is 5.95. The summed E-state index contributed by atoms with van der Waals surface area (Å²) in [7, 11) is 0. The summed E-state index contributed by atoms with van der Waals surface area (Å²) >= 11 is 0. The monoisotopic (exact) mass is 319 g/mol. The number of ketones is 1. The van der Waals surface area contributed by atoms with E-state index in [1.54, 1.807) is 23.2 Å². The molecule has 1 aliphatic heterocycles. The molecule has 2 heterocycles. The number of amides is 1. The van der Waals surface area contributed by atoms with Crippen molar-refractivity contribution < 1.29 is 14.3 Å². The van der Waals surface area contributed by atoms with Gasteiger partial charge in [0.05, 0.1) is 6.54 Å². The van der Waals surface area contributed by atoms with Crippen LogP contribution in [0.4, 0.5) is 4.79 Å². The average Bonchev–Trinajstić information content (AvgIpc) is 2.48. The number of nitrogens with zero attached hydrogens (tertiary/aromatic N) is 3. The van der Waals surface area contributed by atoms with Gasteiger partial charge in [0.1, 0.15) is 11.3 Å². The van der Waals surface area contributed by atoms with Crippen LogP contribution in [-0.2, 0) is 4.74 Å². The Kier molecular flexibility index (Phi) is 5.36. The van der Waals surface area contributed by atoms with E-state index in [9.17, 15) is 9.59 Å². The van der Waals surface area contributed by atoms with E-state index in [1.807, 2.05) is 33.8 Å². The largest absolute Gasteiger partial charge is 0.444 e. The van der Waals surface area contributed by atoms with E-state index in [1.165, 1.54) is 0 Å². The number of carbonyl (C=O) groups excluding carboxylic acids is 2. The maximum atomic E-state index is 12.3. The Bertz CT molecular complexity index is 554. The number of rotatable bonds is 3. The molecule has 1 saturated heterocycles. The van der Waals surface area contributed by atoms with Gasteiger partial charge >= 0.3 is 6.09 Å². The lowest BCUT2D eigenvalue weighted by Gasteiger charge is -2.39. The van der Waals surface area contributed by atoms with Crippen LogP contribution in [0.25, 0.3) is 0 Å². The summed E-state index contributed by atoms with van der Waals surface area (Å²) in [4.78, 5) is 32.2. The standard InChI is InChI=1S/C17H25N3O3/c1-13-11-20(16(22)23-17(2,3)4)10-9-19(13)12-15(21)14-7-5-6-8-18-14/h5-8,13H,9-12H2,1-4H3. The molecule has 23 heavy (non-hydrogen) atoms. The molecule has 1 unspecified atom stereocenters. The third kappa shape index (κ3) is 5.03. The lowest BCUT2D eigenvalue weighted by molar-refractivity contribution is 0.00656. The van der Waals surface area contributed by atoms with Gasteiger partial charge in [-0.05, 0) is 39.8 Å². The van der Waals surface area contributed by atoms with Crippen molar-refractivity contribution in [1.82, 2.24) is 14.8 Å². The van der Waals surface area contributed by atoms with Gasteiger partial charge in [0.15, 0.2) is 5.78 Å². The van der Waals surface area contributed by atoms with Crippen LogP contribution in [-0.4, -0.2) is 64.5 Å². The van der Waals surface area contributed by atoms with Crippen LogP contribution >= 0.6 is 0 Å². The summed E-state index contributed by atoms with van der Waals surface area (Å²) in [6.07, 6.45) is 1.33. The zero-order valence-electron chi connectivity index (χ0n) is 14.3. The molecule has 1 amide bonds. The first-order valence-corrected chi connectivity index (χ1v) is 7.92. The van der Waals surface area contributed by atoms with Crippen molar-refractivity contribution in [2.45, 2.75) is 39.3 Å². The molecular formula is C17H25N3O3. The summed E-state index contributed by atoms with van der Waals surface area (Å²) < 4.78 is 5.40. The number of pyridine rings is 1. The van der Waals surface area contributed by atoms with Crippen molar-refractivity contribution in [3.8, 4) is 0 Å². The molecule has 1 fully saturated rings. The van der Waals surface area contributed by atoms with Gasteiger partial charge in [-0.2, -0.15) is 0 Å². The summed E-state index contributed by atoms with van der Waals surface area (Å²) in [5.41, 5.74) is -0.0128. The molecule has 1 atom stereocenters. The lowest BCUT2D eigenvalue weighted by atomic mass is 10.1. The van der Waals surface area contributed by atoms with Crippen LogP contribution in [0, 0.1) is 0 Å². The van der Waals surface area contributed by atoms with Gasteiger partial charge in [0, 0.05) is 31.9 Å². The molecular weight excluding hydrogens is 294 g/mol. The fraction of sp³-hybridized carbons (Fsp3) is 0.588. The quantitative estimate of drug-likeness (QED) is 0.799. The Balaban J connectivity index is 1.89. The highest BCUT2D eigenvalue weighted by atomic mass is 16.6. The van der Waals surface area contributed by atoms with Crippen LogP contribution in [0.3, 0.4) is 0 Å². The number of ether oxygens (including phenoxy) is 1. The first-order chi connectivity index (χ1) is 10.8. The Morgan fingerprint density at radius 2 is 2.04 bits per heavy atom. The van der Waals surface area contributed by atoms with Crippen molar-refractivity contribution in [2.75, 3.05) is 26.2 Å². The number of carbonyl (C=O) groups is 2. The molecule has 2 rings (SSSR count). The third-order valence-corrected chi connectivity index (χ3v) is 3.71. The molecule has 1 aliphatic rings. The number of piperazine rings is 1. The molecule has 0 N–H and O–H groups in total. The summed E-state index contributed by atoms with van der Waals surface area (Å²) in [6.45, 7) is 9.68. The molecule has 6 heteroatoms. The molecule has 0 radical (unpaired) electrons. The molecule has 0 spiro atoms. The van der Waals surface area contributed by atoms with Crippen LogP contribution < -0.4 is 0 Å². The number of hydrogen-bond acceptors (Lipinski definition) is 5. The van der Waals surface area contributed by atoms with Crippen LogP contribution in [0.1, 0.15) is 38.2 Å². The smallest absolute Gasteiger partial charge is 0.410 e. The molecule has 126 valence electrons. The van der Waals surface area contributed by atoms with E-state index < -0.39 is 5.60 Å². The van der Waals surface area contributed by atoms with Crippen molar-refractivity contribution in [3.05, 3.63) is 30.1 Å². The average molecular weight is 319 g/mol.